The zero-order valence-corrected chi connectivity index (χ0v) is 12.3. The molecule has 0 amide bonds. The highest BCUT2D eigenvalue weighted by atomic mass is 16.5. The molecule has 4 heteroatoms. The van der Waals surface area contributed by atoms with Crippen molar-refractivity contribution in [1.82, 2.24) is 4.90 Å². The summed E-state index contributed by atoms with van der Waals surface area (Å²) in [6, 6.07) is 9.38. The molecule has 2 fully saturated rings. The molecule has 3 atom stereocenters. The summed E-state index contributed by atoms with van der Waals surface area (Å²) in [7, 11) is 0. The van der Waals surface area contributed by atoms with Crippen molar-refractivity contribution in [2.75, 3.05) is 13.1 Å². The molecular formula is C17H23NO3. The van der Waals surface area contributed by atoms with Gasteiger partial charge >= 0.3 is 5.97 Å². The van der Waals surface area contributed by atoms with Crippen LogP contribution in [0.25, 0.3) is 0 Å². The molecule has 1 N–H and O–H groups in total. The molecule has 2 aliphatic rings. The molecule has 1 aliphatic heterocycles. The Hall–Kier alpha value is -1.39. The van der Waals surface area contributed by atoms with Crippen LogP contribution < -0.4 is 0 Å². The first-order chi connectivity index (χ1) is 10.2. The van der Waals surface area contributed by atoms with E-state index in [2.05, 4.69) is 4.90 Å². The van der Waals surface area contributed by atoms with Crippen LogP contribution in [0.3, 0.4) is 0 Å². The molecule has 1 aromatic carbocycles. The summed E-state index contributed by atoms with van der Waals surface area (Å²) in [4.78, 5) is 14.4. The van der Waals surface area contributed by atoms with Gasteiger partial charge in [0.25, 0.3) is 0 Å². The highest BCUT2D eigenvalue weighted by Crippen LogP contribution is 2.27. The lowest BCUT2D eigenvalue weighted by Crippen LogP contribution is -2.44. The number of aliphatic hydroxyl groups excluding tert-OH is 1. The minimum absolute atomic E-state index is 0.0492. The van der Waals surface area contributed by atoms with Gasteiger partial charge in [0.2, 0.25) is 0 Å². The van der Waals surface area contributed by atoms with Crippen LogP contribution in [-0.4, -0.2) is 47.3 Å². The summed E-state index contributed by atoms with van der Waals surface area (Å²) in [5, 5.41) is 10.1. The molecule has 0 aromatic heterocycles. The van der Waals surface area contributed by atoms with E-state index < -0.39 is 0 Å². The van der Waals surface area contributed by atoms with E-state index in [0.29, 0.717) is 5.56 Å². The maximum atomic E-state index is 12.1. The van der Waals surface area contributed by atoms with Gasteiger partial charge in [-0.2, -0.15) is 0 Å². The largest absolute Gasteiger partial charge is 0.457 e. The Morgan fingerprint density at radius 1 is 1.14 bits per heavy atom. The van der Waals surface area contributed by atoms with Gasteiger partial charge in [-0.1, -0.05) is 31.0 Å². The number of rotatable bonds is 3. The fourth-order valence-electron chi connectivity index (χ4n) is 3.46. The average molecular weight is 289 g/mol. The van der Waals surface area contributed by atoms with Gasteiger partial charge in [0.15, 0.2) is 0 Å². The molecular weight excluding hydrogens is 266 g/mol. The van der Waals surface area contributed by atoms with Gasteiger partial charge in [-0.15, -0.1) is 0 Å². The monoisotopic (exact) mass is 289 g/mol. The summed E-state index contributed by atoms with van der Waals surface area (Å²) in [6.07, 6.45) is 4.86. The molecule has 3 rings (SSSR count). The lowest BCUT2D eigenvalue weighted by molar-refractivity contribution is 0.0142. The Labute approximate surface area is 125 Å². The molecule has 0 radical (unpaired) electrons. The molecule has 21 heavy (non-hydrogen) atoms. The summed E-state index contributed by atoms with van der Waals surface area (Å²) < 4.78 is 5.59. The maximum Gasteiger partial charge on any atom is 0.338 e. The van der Waals surface area contributed by atoms with E-state index in [1.165, 1.54) is 6.42 Å². The van der Waals surface area contributed by atoms with E-state index in [-0.39, 0.29) is 24.2 Å². The standard InChI is InChI=1S/C17H23NO3/c19-16-9-5-4-8-15(16)18-11-10-14(12-18)21-17(20)13-6-2-1-3-7-13/h1-3,6-7,14-16,19H,4-5,8-12H2/t14-,15?,16+/m1/s1. The number of ether oxygens (including phenoxy) is 1. The van der Waals surface area contributed by atoms with Crippen LogP contribution in [0.15, 0.2) is 30.3 Å². The molecule has 1 unspecified atom stereocenters. The molecule has 0 bridgehead atoms. The third-order valence-electron chi connectivity index (χ3n) is 4.62. The number of aliphatic hydroxyl groups is 1. The second-order valence-electron chi connectivity index (χ2n) is 6.10. The topological polar surface area (TPSA) is 49.8 Å². The van der Waals surface area contributed by atoms with E-state index in [9.17, 15) is 9.90 Å². The van der Waals surface area contributed by atoms with Crippen LogP contribution >= 0.6 is 0 Å². The smallest absolute Gasteiger partial charge is 0.338 e. The Morgan fingerprint density at radius 2 is 1.90 bits per heavy atom. The van der Waals surface area contributed by atoms with Crippen molar-refractivity contribution in [3.05, 3.63) is 35.9 Å². The second kappa shape index (κ2) is 6.58. The second-order valence-corrected chi connectivity index (χ2v) is 6.10. The fourth-order valence-corrected chi connectivity index (χ4v) is 3.46. The number of carbonyl (C=O) groups is 1. The van der Waals surface area contributed by atoms with Crippen molar-refractivity contribution in [1.29, 1.82) is 0 Å². The molecule has 1 aromatic rings. The Kier molecular flexibility index (Phi) is 4.56. The van der Waals surface area contributed by atoms with Crippen LogP contribution in [0.1, 0.15) is 42.5 Å². The number of esters is 1. The minimum Gasteiger partial charge on any atom is -0.457 e. The van der Waals surface area contributed by atoms with Crippen molar-refractivity contribution in [2.45, 2.75) is 50.4 Å². The number of hydrogen-bond donors (Lipinski definition) is 1. The Morgan fingerprint density at radius 3 is 2.67 bits per heavy atom. The maximum absolute atomic E-state index is 12.1. The predicted molar refractivity (Wildman–Crippen MR) is 80.1 cm³/mol. The summed E-state index contributed by atoms with van der Waals surface area (Å²) >= 11 is 0. The highest BCUT2D eigenvalue weighted by Gasteiger charge is 2.35. The van der Waals surface area contributed by atoms with E-state index in [4.69, 9.17) is 4.74 Å². The molecule has 4 nitrogen and oxygen atoms in total. The lowest BCUT2D eigenvalue weighted by atomic mass is 9.91. The fraction of sp³-hybridized carbons (Fsp3) is 0.588. The first kappa shape index (κ1) is 14.5. The first-order valence-corrected chi connectivity index (χ1v) is 7.92. The van der Waals surface area contributed by atoms with Crippen LogP contribution in [0.2, 0.25) is 0 Å². The number of benzene rings is 1. The van der Waals surface area contributed by atoms with Gasteiger partial charge in [-0.3, -0.25) is 4.90 Å². The van der Waals surface area contributed by atoms with Gasteiger partial charge in [0, 0.05) is 19.1 Å². The van der Waals surface area contributed by atoms with E-state index in [0.717, 1.165) is 38.8 Å². The van der Waals surface area contributed by atoms with Crippen molar-refractivity contribution >= 4 is 5.97 Å². The normalized spacial score (nSPS) is 30.2. The number of carbonyl (C=O) groups excluding carboxylic acids is 1. The van der Waals surface area contributed by atoms with E-state index in [1.807, 2.05) is 18.2 Å². The zero-order valence-electron chi connectivity index (χ0n) is 12.3. The number of likely N-dealkylation sites (tertiary alicyclic amines) is 1. The van der Waals surface area contributed by atoms with Crippen LogP contribution in [0, 0.1) is 0 Å². The third kappa shape index (κ3) is 3.44. The average Bonchev–Trinajstić information content (AvgIpc) is 2.97. The van der Waals surface area contributed by atoms with E-state index in [1.54, 1.807) is 12.1 Å². The highest BCUT2D eigenvalue weighted by molar-refractivity contribution is 5.89. The van der Waals surface area contributed by atoms with Gasteiger partial charge in [0.1, 0.15) is 6.10 Å². The molecule has 114 valence electrons. The summed E-state index contributed by atoms with van der Waals surface area (Å²) in [5.74, 6) is -0.244. The molecule has 0 spiro atoms. The number of hydrogen-bond acceptors (Lipinski definition) is 4. The first-order valence-electron chi connectivity index (χ1n) is 7.92. The van der Waals surface area contributed by atoms with Crippen molar-refractivity contribution in [2.24, 2.45) is 0 Å². The van der Waals surface area contributed by atoms with E-state index >= 15 is 0 Å². The van der Waals surface area contributed by atoms with Crippen LogP contribution in [0.4, 0.5) is 0 Å². The predicted octanol–water partition coefficient (Wildman–Crippen LogP) is 2.22. The van der Waals surface area contributed by atoms with Crippen LogP contribution in [0.5, 0.6) is 0 Å². The van der Waals surface area contributed by atoms with Gasteiger partial charge in [-0.25, -0.2) is 4.79 Å². The third-order valence-corrected chi connectivity index (χ3v) is 4.62. The van der Waals surface area contributed by atoms with Crippen molar-refractivity contribution in [3.8, 4) is 0 Å². The minimum atomic E-state index is -0.244. The van der Waals surface area contributed by atoms with Gasteiger partial charge in [0.05, 0.1) is 11.7 Å². The van der Waals surface area contributed by atoms with Gasteiger partial charge < -0.3 is 9.84 Å². The SMILES string of the molecule is O=C(O[C@@H]1CCN(C2CCCC[C@@H]2O)C1)c1ccccc1. The van der Waals surface area contributed by atoms with Gasteiger partial charge in [-0.05, 0) is 31.4 Å². The Bertz CT molecular complexity index is 476. The molecule has 1 aliphatic carbocycles. The number of nitrogens with zero attached hydrogens (tertiary/aromatic N) is 1. The molecule has 1 saturated heterocycles. The summed E-state index contributed by atoms with van der Waals surface area (Å²) in [5.41, 5.74) is 0.605. The molecule has 1 heterocycles. The zero-order chi connectivity index (χ0) is 14.7. The van der Waals surface area contributed by atoms with Crippen molar-refractivity contribution in [3.63, 3.8) is 0 Å². The summed E-state index contributed by atoms with van der Waals surface area (Å²) in [6.45, 7) is 1.66. The van der Waals surface area contributed by atoms with Crippen molar-refractivity contribution < 1.29 is 14.6 Å². The Balaban J connectivity index is 1.54. The van der Waals surface area contributed by atoms with Crippen LogP contribution in [-0.2, 0) is 4.74 Å². The lowest BCUT2D eigenvalue weighted by Gasteiger charge is -2.35. The molecule has 1 saturated carbocycles. The quantitative estimate of drug-likeness (QED) is 0.867.